The fourth-order valence-corrected chi connectivity index (χ4v) is 3.69. The Bertz CT molecular complexity index is 661. The van der Waals surface area contributed by atoms with E-state index >= 15 is 0 Å². The Morgan fingerprint density at radius 3 is 2.79 bits per heavy atom. The molecule has 1 saturated heterocycles. The van der Waals surface area contributed by atoms with E-state index in [-0.39, 0.29) is 18.2 Å². The van der Waals surface area contributed by atoms with Gasteiger partial charge in [0.25, 0.3) is 0 Å². The van der Waals surface area contributed by atoms with E-state index in [1.54, 1.807) is 11.3 Å². The first kappa shape index (κ1) is 17.0. The maximum absolute atomic E-state index is 12.4. The number of aliphatic hydroxyl groups excluding tert-OH is 1. The van der Waals surface area contributed by atoms with Crippen molar-refractivity contribution in [3.8, 4) is 11.1 Å². The van der Waals surface area contributed by atoms with Crippen molar-refractivity contribution in [2.24, 2.45) is 0 Å². The number of carbonyl (C=O) groups excluding carboxylic acids is 1. The molecule has 0 bridgehead atoms. The van der Waals surface area contributed by atoms with E-state index < -0.39 is 0 Å². The van der Waals surface area contributed by atoms with Gasteiger partial charge >= 0.3 is 6.03 Å². The van der Waals surface area contributed by atoms with Gasteiger partial charge in [-0.2, -0.15) is 11.3 Å². The van der Waals surface area contributed by atoms with Gasteiger partial charge in [0.05, 0.1) is 0 Å². The fourth-order valence-electron chi connectivity index (χ4n) is 3.02. The van der Waals surface area contributed by atoms with Crippen molar-refractivity contribution in [2.75, 3.05) is 25.1 Å². The molecule has 0 atom stereocenters. The lowest BCUT2D eigenvalue weighted by atomic mass is 9.87. The van der Waals surface area contributed by atoms with Crippen molar-refractivity contribution in [2.45, 2.75) is 24.8 Å². The minimum absolute atomic E-state index is 0.0495. The summed E-state index contributed by atoms with van der Waals surface area (Å²) in [6.45, 7) is 1.26. The standard InChI is InChI=1S/C18H22N2O3S/c21-8-5-18(6-9-23-10-7-18)20-17(22)19-16-3-1-2-14(12-16)15-4-11-24-13-15/h1-4,11-13,21H,5-10H2,(H2,19,20,22). The molecule has 0 saturated carbocycles. The summed E-state index contributed by atoms with van der Waals surface area (Å²) in [6.07, 6.45) is 1.98. The number of amides is 2. The first-order chi connectivity index (χ1) is 11.7. The van der Waals surface area contributed by atoms with Gasteiger partial charge in [0.1, 0.15) is 0 Å². The van der Waals surface area contributed by atoms with Crippen LogP contribution in [0.25, 0.3) is 11.1 Å². The third kappa shape index (κ3) is 4.14. The summed E-state index contributed by atoms with van der Waals surface area (Å²) in [5.74, 6) is 0. The topological polar surface area (TPSA) is 70.6 Å². The van der Waals surface area contributed by atoms with Gasteiger partial charge in [0.15, 0.2) is 0 Å². The summed E-state index contributed by atoms with van der Waals surface area (Å²) in [5, 5.41) is 19.4. The lowest BCUT2D eigenvalue weighted by Crippen LogP contribution is -2.53. The summed E-state index contributed by atoms with van der Waals surface area (Å²) in [5.41, 5.74) is 2.58. The Hall–Kier alpha value is -1.89. The highest BCUT2D eigenvalue weighted by Gasteiger charge is 2.33. The Balaban J connectivity index is 1.67. The van der Waals surface area contributed by atoms with E-state index in [0.717, 1.165) is 29.7 Å². The monoisotopic (exact) mass is 346 g/mol. The number of thiophene rings is 1. The molecular weight excluding hydrogens is 324 g/mol. The molecule has 5 nitrogen and oxygen atoms in total. The highest BCUT2D eigenvalue weighted by molar-refractivity contribution is 7.08. The number of aliphatic hydroxyl groups is 1. The zero-order chi connectivity index (χ0) is 16.8. The van der Waals surface area contributed by atoms with E-state index in [4.69, 9.17) is 4.74 Å². The van der Waals surface area contributed by atoms with Crippen LogP contribution in [0.2, 0.25) is 0 Å². The van der Waals surface area contributed by atoms with Crippen LogP contribution in [0.5, 0.6) is 0 Å². The maximum Gasteiger partial charge on any atom is 0.319 e. The van der Waals surface area contributed by atoms with E-state index in [9.17, 15) is 9.90 Å². The van der Waals surface area contributed by atoms with E-state index in [1.807, 2.05) is 29.6 Å². The van der Waals surface area contributed by atoms with Crippen molar-refractivity contribution in [3.63, 3.8) is 0 Å². The van der Waals surface area contributed by atoms with Crippen molar-refractivity contribution in [1.29, 1.82) is 0 Å². The average molecular weight is 346 g/mol. The van der Waals surface area contributed by atoms with Gasteiger partial charge in [-0.05, 0) is 59.3 Å². The molecule has 1 aliphatic rings. The molecule has 0 aliphatic carbocycles. The predicted octanol–water partition coefficient (Wildman–Crippen LogP) is 3.47. The Labute approximate surface area is 145 Å². The van der Waals surface area contributed by atoms with Crippen LogP contribution in [-0.2, 0) is 4.74 Å². The van der Waals surface area contributed by atoms with E-state index in [0.29, 0.717) is 19.6 Å². The minimum atomic E-state index is -0.387. The molecule has 0 spiro atoms. The number of hydrogen-bond acceptors (Lipinski definition) is 4. The summed E-state index contributed by atoms with van der Waals surface area (Å²) >= 11 is 1.65. The lowest BCUT2D eigenvalue weighted by Gasteiger charge is -2.37. The molecule has 1 aromatic carbocycles. The van der Waals surface area contributed by atoms with Crippen LogP contribution in [0.1, 0.15) is 19.3 Å². The van der Waals surface area contributed by atoms with Crippen LogP contribution in [0.15, 0.2) is 41.1 Å². The molecule has 1 aromatic heterocycles. The summed E-state index contributed by atoms with van der Waals surface area (Å²) in [4.78, 5) is 12.4. The first-order valence-electron chi connectivity index (χ1n) is 8.11. The number of rotatable bonds is 5. The molecule has 1 aliphatic heterocycles. The van der Waals surface area contributed by atoms with E-state index in [1.165, 1.54) is 0 Å². The number of ether oxygens (including phenoxy) is 1. The number of urea groups is 1. The Morgan fingerprint density at radius 1 is 1.25 bits per heavy atom. The highest BCUT2D eigenvalue weighted by Crippen LogP contribution is 2.26. The smallest absolute Gasteiger partial charge is 0.319 e. The number of hydrogen-bond donors (Lipinski definition) is 3. The second-order valence-corrected chi connectivity index (χ2v) is 6.82. The van der Waals surface area contributed by atoms with Gasteiger partial charge < -0.3 is 20.5 Å². The number of nitrogens with one attached hydrogen (secondary N) is 2. The van der Waals surface area contributed by atoms with Crippen LogP contribution >= 0.6 is 11.3 Å². The van der Waals surface area contributed by atoms with Crippen molar-refractivity contribution in [1.82, 2.24) is 5.32 Å². The van der Waals surface area contributed by atoms with Crippen LogP contribution in [0.4, 0.5) is 10.5 Å². The average Bonchev–Trinajstić information content (AvgIpc) is 3.10. The van der Waals surface area contributed by atoms with Gasteiger partial charge in [0, 0.05) is 31.0 Å². The molecule has 3 N–H and O–H groups in total. The van der Waals surface area contributed by atoms with E-state index in [2.05, 4.69) is 22.1 Å². The van der Waals surface area contributed by atoms with Crippen LogP contribution in [0.3, 0.4) is 0 Å². The molecular formula is C18H22N2O3S. The molecule has 128 valence electrons. The number of benzene rings is 1. The van der Waals surface area contributed by atoms with Gasteiger partial charge in [0.2, 0.25) is 0 Å². The van der Waals surface area contributed by atoms with Gasteiger partial charge in [-0.15, -0.1) is 0 Å². The molecule has 0 radical (unpaired) electrons. The van der Waals surface area contributed by atoms with Crippen LogP contribution < -0.4 is 10.6 Å². The zero-order valence-corrected chi connectivity index (χ0v) is 14.3. The molecule has 0 unspecified atom stereocenters. The maximum atomic E-state index is 12.4. The first-order valence-corrected chi connectivity index (χ1v) is 9.05. The third-order valence-electron chi connectivity index (χ3n) is 4.39. The Kier molecular flexibility index (Phi) is 5.50. The third-order valence-corrected chi connectivity index (χ3v) is 5.08. The second-order valence-electron chi connectivity index (χ2n) is 6.04. The normalized spacial score (nSPS) is 16.5. The molecule has 2 aromatic rings. The molecule has 6 heteroatoms. The summed E-state index contributed by atoms with van der Waals surface area (Å²) in [7, 11) is 0. The summed E-state index contributed by atoms with van der Waals surface area (Å²) in [6, 6.07) is 9.61. The Morgan fingerprint density at radius 2 is 2.08 bits per heavy atom. The second kappa shape index (κ2) is 7.79. The quantitative estimate of drug-likeness (QED) is 0.776. The lowest BCUT2D eigenvalue weighted by molar-refractivity contribution is 0.0330. The molecule has 2 heterocycles. The van der Waals surface area contributed by atoms with Crippen molar-refractivity contribution >= 4 is 23.1 Å². The number of carbonyl (C=O) groups is 1. The molecule has 3 rings (SSSR count). The van der Waals surface area contributed by atoms with Crippen LogP contribution in [0, 0.1) is 0 Å². The minimum Gasteiger partial charge on any atom is -0.396 e. The SMILES string of the molecule is O=C(Nc1cccc(-c2ccsc2)c1)NC1(CCO)CCOCC1. The predicted molar refractivity (Wildman–Crippen MR) is 96.4 cm³/mol. The fraction of sp³-hybridized carbons (Fsp3) is 0.389. The van der Waals surface area contributed by atoms with Crippen molar-refractivity contribution < 1.29 is 14.6 Å². The summed E-state index contributed by atoms with van der Waals surface area (Å²) < 4.78 is 5.38. The van der Waals surface area contributed by atoms with Gasteiger partial charge in [-0.25, -0.2) is 4.79 Å². The molecule has 2 amide bonds. The molecule has 24 heavy (non-hydrogen) atoms. The highest BCUT2D eigenvalue weighted by atomic mass is 32.1. The molecule has 1 fully saturated rings. The van der Waals surface area contributed by atoms with Gasteiger partial charge in [-0.1, -0.05) is 12.1 Å². The van der Waals surface area contributed by atoms with Crippen LogP contribution in [-0.4, -0.2) is 36.5 Å². The zero-order valence-electron chi connectivity index (χ0n) is 13.5. The largest absolute Gasteiger partial charge is 0.396 e. The number of anilines is 1. The van der Waals surface area contributed by atoms with Gasteiger partial charge in [-0.3, -0.25) is 0 Å². The van der Waals surface area contributed by atoms with Crippen molar-refractivity contribution in [3.05, 3.63) is 41.1 Å².